The van der Waals surface area contributed by atoms with Crippen LogP contribution in [0.3, 0.4) is 0 Å². The van der Waals surface area contributed by atoms with E-state index < -0.39 is 29.6 Å². The molecule has 3 N–H and O–H groups in total. The molecule has 1 unspecified atom stereocenters. The van der Waals surface area contributed by atoms with Crippen LogP contribution in [0.2, 0.25) is 0 Å². The van der Waals surface area contributed by atoms with Crippen LogP contribution in [0.25, 0.3) is 0 Å². The summed E-state index contributed by atoms with van der Waals surface area (Å²) in [4.78, 5) is 37.6. The molecule has 0 aromatic heterocycles. The van der Waals surface area contributed by atoms with Crippen LogP contribution < -0.4 is 16.0 Å². The Hall–Kier alpha value is -2.22. The van der Waals surface area contributed by atoms with Gasteiger partial charge in [0.25, 0.3) is 0 Å². The molecule has 156 valence electrons. The Morgan fingerprint density at radius 3 is 2.21 bits per heavy atom. The summed E-state index contributed by atoms with van der Waals surface area (Å²) in [6.45, 7) is 8.93. The number of benzene rings is 1. The van der Waals surface area contributed by atoms with E-state index >= 15 is 0 Å². The molecule has 3 amide bonds. The maximum absolute atomic E-state index is 12.5. The highest BCUT2D eigenvalue weighted by atomic mass is 32.2. The summed E-state index contributed by atoms with van der Waals surface area (Å²) in [5.74, 6) is -0.770. The first-order chi connectivity index (χ1) is 13.0. The normalized spacial score (nSPS) is 12.2. The largest absolute Gasteiger partial charge is 0.459 e. The van der Waals surface area contributed by atoms with Gasteiger partial charge in [-0.15, -0.1) is 11.8 Å². The Bertz CT molecular complexity index is 669. The molecule has 1 aromatic carbocycles. The van der Waals surface area contributed by atoms with E-state index in [-0.39, 0.29) is 12.5 Å². The lowest BCUT2D eigenvalue weighted by Crippen LogP contribution is -2.50. The average Bonchev–Trinajstić information content (AvgIpc) is 2.57. The number of anilines is 1. The molecule has 0 aliphatic carbocycles. The SMILES string of the molecule is CSc1ccc(NC(=O)NC(CC(C)C)C(=O)NCC(=O)OC(C)(C)C)cc1. The number of nitrogens with one attached hydrogen (secondary N) is 3. The fraction of sp³-hybridized carbons (Fsp3) is 0.550. The summed E-state index contributed by atoms with van der Waals surface area (Å²) in [6.07, 6.45) is 2.42. The number of hydrogen-bond donors (Lipinski definition) is 3. The Kier molecular flexibility index (Phi) is 9.31. The summed E-state index contributed by atoms with van der Waals surface area (Å²) in [7, 11) is 0. The molecule has 0 fully saturated rings. The predicted octanol–water partition coefficient (Wildman–Crippen LogP) is 3.40. The van der Waals surface area contributed by atoms with E-state index in [9.17, 15) is 14.4 Å². The van der Waals surface area contributed by atoms with Crippen LogP contribution in [0.4, 0.5) is 10.5 Å². The first-order valence-corrected chi connectivity index (χ1v) is 10.4. The summed E-state index contributed by atoms with van der Waals surface area (Å²) < 4.78 is 5.17. The number of thioether (sulfide) groups is 1. The highest BCUT2D eigenvalue weighted by Crippen LogP contribution is 2.17. The minimum atomic E-state index is -0.757. The molecule has 0 aliphatic rings. The van der Waals surface area contributed by atoms with Gasteiger partial charge in [0.1, 0.15) is 18.2 Å². The van der Waals surface area contributed by atoms with E-state index in [4.69, 9.17) is 4.74 Å². The van der Waals surface area contributed by atoms with E-state index in [1.165, 1.54) is 0 Å². The monoisotopic (exact) mass is 409 g/mol. The third-order valence-electron chi connectivity index (χ3n) is 3.50. The molecule has 0 heterocycles. The van der Waals surface area contributed by atoms with Gasteiger partial charge in [-0.1, -0.05) is 13.8 Å². The second kappa shape index (κ2) is 10.9. The van der Waals surface area contributed by atoms with Gasteiger partial charge in [-0.3, -0.25) is 9.59 Å². The van der Waals surface area contributed by atoms with E-state index in [0.717, 1.165) is 4.90 Å². The van der Waals surface area contributed by atoms with Gasteiger partial charge in [0.05, 0.1) is 0 Å². The standard InChI is InChI=1S/C20H31N3O4S/c1-13(2)11-16(18(25)21-12-17(24)27-20(3,4)5)23-19(26)22-14-7-9-15(28-6)10-8-14/h7-10,13,16H,11-12H2,1-6H3,(H,21,25)(H2,22,23,26). The number of amides is 3. The van der Waals surface area contributed by atoms with Crippen LogP contribution in [-0.4, -0.2) is 42.4 Å². The Labute approximate surface area is 171 Å². The molecule has 8 heteroatoms. The molecule has 7 nitrogen and oxygen atoms in total. The van der Waals surface area contributed by atoms with E-state index in [1.807, 2.05) is 32.2 Å². The number of rotatable bonds is 8. The van der Waals surface area contributed by atoms with Crippen LogP contribution >= 0.6 is 11.8 Å². The van der Waals surface area contributed by atoms with Gasteiger partial charge in [-0.2, -0.15) is 0 Å². The average molecular weight is 410 g/mol. The van der Waals surface area contributed by atoms with Crippen LogP contribution in [0.15, 0.2) is 29.2 Å². The van der Waals surface area contributed by atoms with Crippen molar-refractivity contribution in [3.05, 3.63) is 24.3 Å². The summed E-state index contributed by atoms with van der Waals surface area (Å²) in [5.41, 5.74) is 0.0103. The van der Waals surface area contributed by atoms with Gasteiger partial charge >= 0.3 is 12.0 Å². The third-order valence-corrected chi connectivity index (χ3v) is 4.25. The van der Waals surface area contributed by atoms with Crippen molar-refractivity contribution in [3.8, 4) is 0 Å². The van der Waals surface area contributed by atoms with Gasteiger partial charge < -0.3 is 20.7 Å². The zero-order valence-electron chi connectivity index (χ0n) is 17.4. The molecule has 1 atom stereocenters. The van der Waals surface area contributed by atoms with Crippen LogP contribution in [0.5, 0.6) is 0 Å². The first kappa shape index (κ1) is 23.8. The molecule has 0 aliphatic heterocycles. The number of carbonyl (C=O) groups is 3. The number of carbonyl (C=O) groups excluding carboxylic acids is 3. The second-order valence-corrected chi connectivity index (χ2v) is 8.69. The van der Waals surface area contributed by atoms with Crippen molar-refractivity contribution in [2.45, 2.75) is 57.6 Å². The fourth-order valence-electron chi connectivity index (χ4n) is 2.36. The molecule has 1 aromatic rings. The van der Waals surface area contributed by atoms with Crippen molar-refractivity contribution in [2.75, 3.05) is 18.1 Å². The minimum Gasteiger partial charge on any atom is -0.459 e. The second-order valence-electron chi connectivity index (χ2n) is 7.81. The van der Waals surface area contributed by atoms with Gasteiger partial charge in [0.2, 0.25) is 5.91 Å². The lowest BCUT2D eigenvalue weighted by atomic mass is 10.0. The van der Waals surface area contributed by atoms with Crippen molar-refractivity contribution in [1.82, 2.24) is 10.6 Å². The maximum Gasteiger partial charge on any atom is 0.325 e. The molecule has 0 spiro atoms. The summed E-state index contributed by atoms with van der Waals surface area (Å²) in [6, 6.07) is 6.17. The Morgan fingerprint density at radius 2 is 1.71 bits per heavy atom. The quantitative estimate of drug-likeness (QED) is 0.452. The number of urea groups is 1. The highest BCUT2D eigenvalue weighted by Gasteiger charge is 2.23. The fourth-order valence-corrected chi connectivity index (χ4v) is 2.77. The Morgan fingerprint density at radius 1 is 1.11 bits per heavy atom. The zero-order valence-corrected chi connectivity index (χ0v) is 18.2. The lowest BCUT2D eigenvalue weighted by molar-refractivity contribution is -0.154. The summed E-state index contributed by atoms with van der Waals surface area (Å²) >= 11 is 1.61. The maximum atomic E-state index is 12.5. The topological polar surface area (TPSA) is 96.5 Å². The smallest absolute Gasteiger partial charge is 0.325 e. The molecule has 1 rings (SSSR count). The van der Waals surface area contributed by atoms with Crippen molar-refractivity contribution < 1.29 is 19.1 Å². The molecule has 28 heavy (non-hydrogen) atoms. The Balaban J connectivity index is 2.63. The summed E-state index contributed by atoms with van der Waals surface area (Å²) in [5, 5.41) is 7.93. The zero-order chi connectivity index (χ0) is 21.3. The van der Waals surface area contributed by atoms with Crippen LogP contribution in [-0.2, 0) is 14.3 Å². The minimum absolute atomic E-state index is 0.179. The van der Waals surface area contributed by atoms with Gasteiger partial charge in [0.15, 0.2) is 0 Å². The molecule has 0 radical (unpaired) electrons. The molecule has 0 bridgehead atoms. The molecule has 0 saturated heterocycles. The van der Waals surface area contributed by atoms with E-state index in [0.29, 0.717) is 12.1 Å². The predicted molar refractivity (Wildman–Crippen MR) is 112 cm³/mol. The third kappa shape index (κ3) is 9.64. The van der Waals surface area contributed by atoms with Gasteiger partial charge in [0, 0.05) is 10.6 Å². The highest BCUT2D eigenvalue weighted by molar-refractivity contribution is 7.98. The van der Waals surface area contributed by atoms with Crippen molar-refractivity contribution in [1.29, 1.82) is 0 Å². The van der Waals surface area contributed by atoms with Gasteiger partial charge in [-0.25, -0.2) is 4.79 Å². The van der Waals surface area contributed by atoms with Gasteiger partial charge in [-0.05, 0) is 63.6 Å². The first-order valence-electron chi connectivity index (χ1n) is 9.21. The van der Waals surface area contributed by atoms with Crippen molar-refractivity contribution in [3.63, 3.8) is 0 Å². The van der Waals surface area contributed by atoms with Crippen LogP contribution in [0, 0.1) is 5.92 Å². The van der Waals surface area contributed by atoms with E-state index in [1.54, 1.807) is 44.7 Å². The van der Waals surface area contributed by atoms with Crippen LogP contribution in [0.1, 0.15) is 41.0 Å². The number of esters is 1. The van der Waals surface area contributed by atoms with Crippen molar-refractivity contribution >= 4 is 35.4 Å². The number of ether oxygens (including phenoxy) is 1. The van der Waals surface area contributed by atoms with Crippen molar-refractivity contribution in [2.24, 2.45) is 5.92 Å². The lowest BCUT2D eigenvalue weighted by Gasteiger charge is -2.22. The molecular formula is C20H31N3O4S. The molecular weight excluding hydrogens is 378 g/mol. The number of hydrogen-bond acceptors (Lipinski definition) is 5. The molecule has 0 saturated carbocycles. The van der Waals surface area contributed by atoms with E-state index in [2.05, 4.69) is 16.0 Å².